The number of nitrogens with two attached hydrogens (primary N) is 1. The number of ether oxygens (including phenoxy) is 1. The van der Waals surface area contributed by atoms with Crippen molar-refractivity contribution in [3.05, 3.63) is 28.8 Å². The predicted octanol–water partition coefficient (Wildman–Crippen LogP) is 2.69. The fourth-order valence-corrected chi connectivity index (χ4v) is 2.15. The van der Waals surface area contributed by atoms with Crippen LogP contribution in [0.4, 0.5) is 0 Å². The van der Waals surface area contributed by atoms with Crippen LogP contribution in [-0.4, -0.2) is 32.1 Å². The van der Waals surface area contributed by atoms with Gasteiger partial charge in [0.1, 0.15) is 5.75 Å². The Morgan fingerprint density at radius 2 is 2.06 bits per heavy atom. The molecule has 0 fully saturated rings. The van der Waals surface area contributed by atoms with Crippen LogP contribution in [0.1, 0.15) is 24.9 Å². The molecule has 0 aliphatic carbocycles. The van der Waals surface area contributed by atoms with Crippen LogP contribution in [0.5, 0.6) is 5.75 Å². The van der Waals surface area contributed by atoms with Gasteiger partial charge in [0.15, 0.2) is 0 Å². The summed E-state index contributed by atoms with van der Waals surface area (Å²) in [6.45, 7) is 2.02. The van der Waals surface area contributed by atoms with Gasteiger partial charge in [-0.2, -0.15) is 0 Å². The summed E-state index contributed by atoms with van der Waals surface area (Å²) in [6.07, 6.45) is 0.898. The molecule has 0 bridgehead atoms. The van der Waals surface area contributed by atoms with Gasteiger partial charge < -0.3 is 15.4 Å². The standard InChI is InChI=1S/C13H21ClN2O/c1-9(15)7-12(16(2)3)10-5-6-13(17-4)11(14)8-10/h5-6,8-9,12H,7,15H2,1-4H3. The molecule has 0 saturated heterocycles. The molecular formula is C13H21ClN2O. The van der Waals surface area contributed by atoms with E-state index in [0.29, 0.717) is 10.8 Å². The van der Waals surface area contributed by atoms with Crippen LogP contribution in [0, 0.1) is 0 Å². The number of hydrogen-bond donors (Lipinski definition) is 1. The molecular weight excluding hydrogens is 236 g/mol. The van der Waals surface area contributed by atoms with E-state index >= 15 is 0 Å². The molecule has 1 aromatic carbocycles. The highest BCUT2D eigenvalue weighted by molar-refractivity contribution is 6.32. The molecule has 0 aliphatic rings. The van der Waals surface area contributed by atoms with Crippen LogP contribution in [0.3, 0.4) is 0 Å². The molecule has 1 aromatic rings. The van der Waals surface area contributed by atoms with E-state index in [2.05, 4.69) is 4.90 Å². The van der Waals surface area contributed by atoms with E-state index in [9.17, 15) is 0 Å². The average Bonchev–Trinajstić information content (AvgIpc) is 2.25. The lowest BCUT2D eigenvalue weighted by molar-refractivity contribution is 0.272. The Morgan fingerprint density at radius 3 is 2.47 bits per heavy atom. The summed E-state index contributed by atoms with van der Waals surface area (Å²) in [6, 6.07) is 6.32. The molecule has 1 rings (SSSR count). The number of halogens is 1. The molecule has 0 heterocycles. The lowest BCUT2D eigenvalue weighted by atomic mass is 9.99. The highest BCUT2D eigenvalue weighted by atomic mass is 35.5. The summed E-state index contributed by atoms with van der Waals surface area (Å²) in [5.74, 6) is 0.703. The monoisotopic (exact) mass is 256 g/mol. The highest BCUT2D eigenvalue weighted by Crippen LogP contribution is 2.30. The van der Waals surface area contributed by atoms with Crippen LogP contribution in [0.15, 0.2) is 18.2 Å². The Balaban J connectivity index is 2.98. The van der Waals surface area contributed by atoms with Gasteiger partial charge in [-0.3, -0.25) is 0 Å². The second-order valence-corrected chi connectivity index (χ2v) is 4.99. The quantitative estimate of drug-likeness (QED) is 0.880. The Hall–Kier alpha value is -0.770. The van der Waals surface area contributed by atoms with Crippen molar-refractivity contribution in [2.75, 3.05) is 21.2 Å². The summed E-state index contributed by atoms with van der Waals surface area (Å²) >= 11 is 6.14. The zero-order valence-electron chi connectivity index (χ0n) is 10.9. The minimum Gasteiger partial charge on any atom is -0.495 e. The second kappa shape index (κ2) is 6.24. The van der Waals surface area contributed by atoms with E-state index in [1.807, 2.05) is 39.2 Å². The lowest BCUT2D eigenvalue weighted by Gasteiger charge is -2.26. The molecule has 0 amide bonds. The predicted molar refractivity (Wildman–Crippen MR) is 72.7 cm³/mol. The van der Waals surface area contributed by atoms with Gasteiger partial charge in [-0.15, -0.1) is 0 Å². The molecule has 96 valence electrons. The van der Waals surface area contributed by atoms with Crippen LogP contribution in [0.25, 0.3) is 0 Å². The Morgan fingerprint density at radius 1 is 1.41 bits per heavy atom. The van der Waals surface area contributed by atoms with Crippen LogP contribution in [0.2, 0.25) is 5.02 Å². The van der Waals surface area contributed by atoms with E-state index in [0.717, 1.165) is 12.0 Å². The van der Waals surface area contributed by atoms with E-state index in [4.69, 9.17) is 22.1 Å². The molecule has 0 aromatic heterocycles. The third-order valence-electron chi connectivity index (χ3n) is 2.78. The topological polar surface area (TPSA) is 38.5 Å². The SMILES string of the molecule is COc1ccc(C(CC(C)N)N(C)C)cc1Cl. The molecule has 0 aliphatic heterocycles. The largest absolute Gasteiger partial charge is 0.495 e. The molecule has 2 N–H and O–H groups in total. The molecule has 4 heteroatoms. The third-order valence-corrected chi connectivity index (χ3v) is 3.07. The molecule has 2 unspecified atom stereocenters. The summed E-state index contributed by atoms with van der Waals surface area (Å²) < 4.78 is 5.15. The maximum atomic E-state index is 6.14. The number of benzene rings is 1. The molecule has 2 atom stereocenters. The minimum absolute atomic E-state index is 0.156. The third kappa shape index (κ3) is 3.87. The number of methoxy groups -OCH3 is 1. The summed E-state index contributed by atoms with van der Waals surface area (Å²) in [7, 11) is 5.71. The maximum absolute atomic E-state index is 6.14. The Kier molecular flexibility index (Phi) is 5.25. The molecule has 0 spiro atoms. The Labute approximate surface area is 109 Å². The van der Waals surface area contributed by atoms with Crippen molar-refractivity contribution in [3.8, 4) is 5.75 Å². The minimum atomic E-state index is 0.156. The smallest absolute Gasteiger partial charge is 0.137 e. The van der Waals surface area contributed by atoms with Crippen molar-refractivity contribution in [2.24, 2.45) is 5.73 Å². The maximum Gasteiger partial charge on any atom is 0.137 e. The van der Waals surface area contributed by atoms with Gasteiger partial charge in [-0.25, -0.2) is 0 Å². The van der Waals surface area contributed by atoms with Gasteiger partial charge in [0.2, 0.25) is 0 Å². The number of rotatable bonds is 5. The van der Waals surface area contributed by atoms with E-state index in [1.54, 1.807) is 7.11 Å². The van der Waals surface area contributed by atoms with Gasteiger partial charge in [-0.05, 0) is 45.1 Å². The normalized spacial score (nSPS) is 14.8. The van der Waals surface area contributed by atoms with Gasteiger partial charge in [0.25, 0.3) is 0 Å². The first kappa shape index (κ1) is 14.3. The average molecular weight is 257 g/mol. The van der Waals surface area contributed by atoms with Gasteiger partial charge in [0.05, 0.1) is 12.1 Å². The fourth-order valence-electron chi connectivity index (χ4n) is 1.89. The number of nitrogens with zero attached hydrogens (tertiary/aromatic N) is 1. The van der Waals surface area contributed by atoms with Crippen LogP contribution >= 0.6 is 11.6 Å². The second-order valence-electron chi connectivity index (χ2n) is 4.59. The van der Waals surface area contributed by atoms with Gasteiger partial charge >= 0.3 is 0 Å². The zero-order valence-corrected chi connectivity index (χ0v) is 11.7. The summed E-state index contributed by atoms with van der Waals surface area (Å²) in [4.78, 5) is 2.15. The van der Waals surface area contributed by atoms with E-state index < -0.39 is 0 Å². The summed E-state index contributed by atoms with van der Waals surface area (Å²) in [5.41, 5.74) is 7.04. The summed E-state index contributed by atoms with van der Waals surface area (Å²) in [5, 5.41) is 0.640. The first-order valence-corrected chi connectivity index (χ1v) is 6.09. The van der Waals surface area contributed by atoms with Gasteiger partial charge in [0, 0.05) is 12.1 Å². The molecule has 17 heavy (non-hydrogen) atoms. The van der Waals surface area contributed by atoms with Crippen molar-refractivity contribution in [1.82, 2.24) is 4.90 Å². The van der Waals surface area contributed by atoms with E-state index in [-0.39, 0.29) is 12.1 Å². The fraction of sp³-hybridized carbons (Fsp3) is 0.538. The van der Waals surface area contributed by atoms with Crippen molar-refractivity contribution >= 4 is 11.6 Å². The molecule has 3 nitrogen and oxygen atoms in total. The van der Waals surface area contributed by atoms with Crippen LogP contribution in [-0.2, 0) is 0 Å². The number of hydrogen-bond acceptors (Lipinski definition) is 3. The van der Waals surface area contributed by atoms with Gasteiger partial charge in [-0.1, -0.05) is 17.7 Å². The molecule has 0 saturated carbocycles. The first-order valence-electron chi connectivity index (χ1n) is 5.71. The van der Waals surface area contributed by atoms with Crippen LogP contribution < -0.4 is 10.5 Å². The van der Waals surface area contributed by atoms with Crippen molar-refractivity contribution < 1.29 is 4.74 Å². The first-order chi connectivity index (χ1) is 7.95. The lowest BCUT2D eigenvalue weighted by Crippen LogP contribution is -2.27. The zero-order chi connectivity index (χ0) is 13.0. The van der Waals surface area contributed by atoms with Crippen molar-refractivity contribution in [3.63, 3.8) is 0 Å². The van der Waals surface area contributed by atoms with Crippen molar-refractivity contribution in [1.29, 1.82) is 0 Å². The van der Waals surface area contributed by atoms with Crippen molar-refractivity contribution in [2.45, 2.75) is 25.4 Å². The Bertz CT molecular complexity index is 366. The highest BCUT2D eigenvalue weighted by Gasteiger charge is 2.17. The molecule has 0 radical (unpaired) electrons. The van der Waals surface area contributed by atoms with E-state index in [1.165, 1.54) is 0 Å².